The largest absolute Gasteiger partial charge is 0.496 e. The van der Waals surface area contributed by atoms with E-state index in [9.17, 15) is 4.79 Å². The lowest BCUT2D eigenvalue weighted by Gasteiger charge is -2.11. The Balaban J connectivity index is 3.53. The lowest BCUT2D eigenvalue weighted by Crippen LogP contribution is -2.04. The third-order valence-electron chi connectivity index (χ3n) is 2.09. The van der Waals surface area contributed by atoms with E-state index in [1.54, 1.807) is 6.92 Å². The molecule has 0 aliphatic heterocycles. The lowest BCUT2D eigenvalue weighted by atomic mass is 10.0. The molecule has 0 aliphatic carbocycles. The van der Waals surface area contributed by atoms with Crippen LogP contribution in [-0.2, 0) is 0 Å². The molecule has 0 atom stereocenters. The standard InChI is InChI=1S/C10H11BrO3/c1-5-4-7(14-3)6(2)8(9(5)11)10(12)13/h4H,1-3H3,(H,12,13). The first-order valence-electron chi connectivity index (χ1n) is 4.06. The van der Waals surface area contributed by atoms with Gasteiger partial charge in [0, 0.05) is 10.0 Å². The highest BCUT2D eigenvalue weighted by atomic mass is 79.9. The van der Waals surface area contributed by atoms with Gasteiger partial charge in [0.25, 0.3) is 0 Å². The Morgan fingerprint density at radius 2 is 2.07 bits per heavy atom. The molecule has 0 fully saturated rings. The predicted molar refractivity (Wildman–Crippen MR) is 57.1 cm³/mol. The van der Waals surface area contributed by atoms with E-state index in [2.05, 4.69) is 15.9 Å². The summed E-state index contributed by atoms with van der Waals surface area (Å²) in [6.07, 6.45) is 0. The maximum atomic E-state index is 11.0. The van der Waals surface area contributed by atoms with Crippen LogP contribution in [0.4, 0.5) is 0 Å². The number of carboxylic acid groups (broad SMARTS) is 1. The first-order chi connectivity index (χ1) is 6.49. The Bertz CT molecular complexity index is 385. The molecule has 14 heavy (non-hydrogen) atoms. The molecule has 0 spiro atoms. The zero-order valence-electron chi connectivity index (χ0n) is 8.22. The minimum Gasteiger partial charge on any atom is -0.496 e. The van der Waals surface area contributed by atoms with Gasteiger partial charge in [0.1, 0.15) is 5.75 Å². The van der Waals surface area contributed by atoms with E-state index >= 15 is 0 Å². The van der Waals surface area contributed by atoms with Crippen LogP contribution in [0.15, 0.2) is 10.5 Å². The number of halogens is 1. The van der Waals surface area contributed by atoms with Gasteiger partial charge in [-0.05, 0) is 41.4 Å². The summed E-state index contributed by atoms with van der Waals surface area (Å²) in [6, 6.07) is 1.81. The van der Waals surface area contributed by atoms with Crippen molar-refractivity contribution < 1.29 is 14.6 Å². The molecule has 76 valence electrons. The van der Waals surface area contributed by atoms with Crippen molar-refractivity contribution in [1.82, 2.24) is 0 Å². The summed E-state index contributed by atoms with van der Waals surface area (Å²) in [5.41, 5.74) is 1.75. The fourth-order valence-electron chi connectivity index (χ4n) is 1.32. The Morgan fingerprint density at radius 1 is 1.50 bits per heavy atom. The second kappa shape index (κ2) is 4.00. The molecular formula is C10H11BrO3. The Hall–Kier alpha value is -1.03. The number of carbonyl (C=O) groups is 1. The van der Waals surface area contributed by atoms with E-state index in [0.717, 1.165) is 5.56 Å². The van der Waals surface area contributed by atoms with Gasteiger partial charge in [-0.3, -0.25) is 0 Å². The highest BCUT2D eigenvalue weighted by molar-refractivity contribution is 9.10. The second-order valence-electron chi connectivity index (χ2n) is 3.01. The normalized spacial score (nSPS) is 10.0. The number of aromatic carboxylic acids is 1. The molecule has 1 rings (SSSR count). The van der Waals surface area contributed by atoms with Crippen LogP contribution in [0.1, 0.15) is 21.5 Å². The summed E-state index contributed by atoms with van der Waals surface area (Å²) in [5.74, 6) is -0.348. The smallest absolute Gasteiger partial charge is 0.337 e. The van der Waals surface area contributed by atoms with Crippen LogP contribution in [-0.4, -0.2) is 18.2 Å². The summed E-state index contributed by atoms with van der Waals surface area (Å²) in [4.78, 5) is 11.0. The molecule has 0 heterocycles. The van der Waals surface area contributed by atoms with E-state index in [-0.39, 0.29) is 5.56 Å². The summed E-state index contributed by atoms with van der Waals surface area (Å²) < 4.78 is 5.70. The Kier molecular flexibility index (Phi) is 3.16. The number of benzene rings is 1. The van der Waals surface area contributed by atoms with Gasteiger partial charge in [-0.15, -0.1) is 0 Å². The fourth-order valence-corrected chi connectivity index (χ4v) is 1.90. The molecule has 0 amide bonds. The van der Waals surface area contributed by atoms with Crippen molar-refractivity contribution in [2.24, 2.45) is 0 Å². The number of carboxylic acids is 1. The van der Waals surface area contributed by atoms with Gasteiger partial charge in [-0.25, -0.2) is 4.79 Å². The van der Waals surface area contributed by atoms with Crippen molar-refractivity contribution in [3.63, 3.8) is 0 Å². The minimum atomic E-state index is -0.948. The van der Waals surface area contributed by atoms with Crippen molar-refractivity contribution in [2.45, 2.75) is 13.8 Å². The molecule has 0 radical (unpaired) electrons. The number of methoxy groups -OCH3 is 1. The SMILES string of the molecule is COc1cc(C)c(Br)c(C(=O)O)c1C. The van der Waals surface area contributed by atoms with Crippen LogP contribution in [0.25, 0.3) is 0 Å². The maximum Gasteiger partial charge on any atom is 0.337 e. The van der Waals surface area contributed by atoms with Gasteiger partial charge in [0.05, 0.1) is 12.7 Å². The summed E-state index contributed by atoms with van der Waals surface area (Å²) in [5, 5.41) is 9.01. The van der Waals surface area contributed by atoms with Crippen molar-refractivity contribution in [3.05, 3.63) is 27.2 Å². The number of ether oxygens (including phenoxy) is 1. The van der Waals surface area contributed by atoms with Crippen molar-refractivity contribution >= 4 is 21.9 Å². The molecular weight excluding hydrogens is 248 g/mol. The molecule has 0 aromatic heterocycles. The van der Waals surface area contributed by atoms with Crippen LogP contribution >= 0.6 is 15.9 Å². The van der Waals surface area contributed by atoms with Gasteiger partial charge >= 0.3 is 5.97 Å². The van der Waals surface area contributed by atoms with Crippen molar-refractivity contribution in [3.8, 4) is 5.75 Å². The van der Waals surface area contributed by atoms with Crippen LogP contribution in [0.3, 0.4) is 0 Å². The van der Waals surface area contributed by atoms with Gasteiger partial charge in [0.2, 0.25) is 0 Å². The number of rotatable bonds is 2. The third kappa shape index (κ3) is 1.75. The number of aryl methyl sites for hydroxylation is 1. The van der Waals surface area contributed by atoms with Crippen molar-refractivity contribution in [2.75, 3.05) is 7.11 Å². The zero-order valence-corrected chi connectivity index (χ0v) is 9.81. The molecule has 4 heteroatoms. The van der Waals surface area contributed by atoms with Crippen LogP contribution in [0, 0.1) is 13.8 Å². The maximum absolute atomic E-state index is 11.0. The molecule has 0 saturated heterocycles. The van der Waals surface area contributed by atoms with Gasteiger partial charge in [-0.2, -0.15) is 0 Å². The molecule has 0 bridgehead atoms. The molecule has 1 N–H and O–H groups in total. The summed E-state index contributed by atoms with van der Waals surface area (Å²) in [6.45, 7) is 3.56. The first-order valence-corrected chi connectivity index (χ1v) is 4.85. The molecule has 0 unspecified atom stereocenters. The van der Waals surface area contributed by atoms with Crippen LogP contribution in [0.5, 0.6) is 5.75 Å². The Labute approximate surface area is 90.8 Å². The molecule has 3 nitrogen and oxygen atoms in total. The topological polar surface area (TPSA) is 46.5 Å². The second-order valence-corrected chi connectivity index (χ2v) is 3.81. The van der Waals surface area contributed by atoms with Gasteiger partial charge in [0.15, 0.2) is 0 Å². The average Bonchev–Trinajstić information content (AvgIpc) is 2.11. The van der Waals surface area contributed by atoms with E-state index in [4.69, 9.17) is 9.84 Å². The first kappa shape index (κ1) is 11.0. The monoisotopic (exact) mass is 258 g/mol. The number of hydrogen-bond donors (Lipinski definition) is 1. The van der Waals surface area contributed by atoms with E-state index < -0.39 is 5.97 Å². The quantitative estimate of drug-likeness (QED) is 0.888. The highest BCUT2D eigenvalue weighted by Gasteiger charge is 2.17. The molecule has 0 saturated carbocycles. The van der Waals surface area contributed by atoms with E-state index in [0.29, 0.717) is 15.8 Å². The third-order valence-corrected chi connectivity index (χ3v) is 3.11. The predicted octanol–water partition coefficient (Wildman–Crippen LogP) is 2.77. The Morgan fingerprint density at radius 3 is 2.50 bits per heavy atom. The summed E-state index contributed by atoms with van der Waals surface area (Å²) in [7, 11) is 1.53. The van der Waals surface area contributed by atoms with E-state index in [1.807, 2.05) is 13.0 Å². The summed E-state index contributed by atoms with van der Waals surface area (Å²) >= 11 is 3.26. The minimum absolute atomic E-state index is 0.266. The average molecular weight is 259 g/mol. The highest BCUT2D eigenvalue weighted by Crippen LogP contribution is 2.31. The fraction of sp³-hybridized carbons (Fsp3) is 0.300. The van der Waals surface area contributed by atoms with Gasteiger partial charge < -0.3 is 9.84 Å². The number of hydrogen-bond acceptors (Lipinski definition) is 2. The molecule has 0 aliphatic rings. The van der Waals surface area contributed by atoms with E-state index in [1.165, 1.54) is 7.11 Å². The van der Waals surface area contributed by atoms with Gasteiger partial charge in [-0.1, -0.05) is 0 Å². The van der Waals surface area contributed by atoms with Crippen LogP contribution < -0.4 is 4.74 Å². The zero-order chi connectivity index (χ0) is 10.9. The molecule has 1 aromatic rings. The molecule has 1 aromatic carbocycles. The lowest BCUT2D eigenvalue weighted by molar-refractivity contribution is 0.0694. The van der Waals surface area contributed by atoms with Crippen molar-refractivity contribution in [1.29, 1.82) is 0 Å². The van der Waals surface area contributed by atoms with Crippen LogP contribution in [0.2, 0.25) is 0 Å².